The summed E-state index contributed by atoms with van der Waals surface area (Å²) < 4.78 is 12.1. The zero-order valence-corrected chi connectivity index (χ0v) is 20.3. The Kier molecular flexibility index (Phi) is 7.58. The number of halogens is 1. The van der Waals surface area contributed by atoms with Crippen LogP contribution in [0, 0.1) is 6.92 Å². The molecule has 0 saturated heterocycles. The van der Waals surface area contributed by atoms with E-state index in [9.17, 15) is 9.59 Å². The number of carbonyl (C=O) groups excluding carboxylic acids is 2. The molecule has 0 bridgehead atoms. The maximum Gasteiger partial charge on any atom is 0.341 e. The van der Waals surface area contributed by atoms with Gasteiger partial charge in [-0.1, -0.05) is 29.8 Å². The van der Waals surface area contributed by atoms with Gasteiger partial charge in [-0.3, -0.25) is 4.79 Å². The predicted octanol–water partition coefficient (Wildman–Crippen LogP) is 6.02. The lowest BCUT2D eigenvalue weighted by atomic mass is 9.95. The highest BCUT2D eigenvalue weighted by atomic mass is 79.9. The summed E-state index contributed by atoms with van der Waals surface area (Å²) in [4.78, 5) is 26.4. The Balaban J connectivity index is 1.77. The third kappa shape index (κ3) is 5.06. The molecule has 3 rings (SSSR count). The van der Waals surface area contributed by atoms with E-state index in [1.54, 1.807) is 6.92 Å². The summed E-state index contributed by atoms with van der Waals surface area (Å²) in [6, 6.07) is 3.99. The van der Waals surface area contributed by atoms with Gasteiger partial charge in [0.2, 0.25) is 0 Å². The molecule has 2 aromatic rings. The Hall–Kier alpha value is -1.86. The van der Waals surface area contributed by atoms with Crippen LogP contribution in [0.15, 0.2) is 16.6 Å². The molecule has 1 aliphatic carbocycles. The van der Waals surface area contributed by atoms with Crippen LogP contribution < -0.4 is 10.1 Å². The zero-order valence-electron chi connectivity index (χ0n) is 17.9. The fraction of sp³-hybridized carbons (Fsp3) is 0.478. The average molecular weight is 494 g/mol. The average Bonchev–Trinajstić information content (AvgIpc) is 3.06. The van der Waals surface area contributed by atoms with Crippen LogP contribution in [0.2, 0.25) is 0 Å². The number of rotatable bonds is 7. The van der Waals surface area contributed by atoms with Gasteiger partial charge in [-0.25, -0.2) is 4.79 Å². The van der Waals surface area contributed by atoms with Crippen LogP contribution in [0.1, 0.15) is 71.5 Å². The summed E-state index contributed by atoms with van der Waals surface area (Å²) in [5.41, 5.74) is 3.64. The number of carbonyl (C=O) groups is 2. The Bertz CT molecular complexity index is 951. The van der Waals surface area contributed by atoms with Crippen LogP contribution in [-0.2, 0) is 22.4 Å². The van der Waals surface area contributed by atoms with E-state index in [4.69, 9.17) is 9.47 Å². The number of hydrogen-bond acceptors (Lipinski definition) is 5. The Labute approximate surface area is 190 Å². The third-order valence-corrected chi connectivity index (χ3v) is 7.24. The first-order chi connectivity index (χ1) is 14.3. The van der Waals surface area contributed by atoms with Gasteiger partial charge >= 0.3 is 5.97 Å². The van der Waals surface area contributed by atoms with Crippen LogP contribution in [0.5, 0.6) is 5.75 Å². The summed E-state index contributed by atoms with van der Waals surface area (Å²) in [5.74, 6) is 0.324. The number of esters is 1. The normalized spacial score (nSPS) is 13.1. The molecule has 1 N–H and O–H groups in total. The molecule has 0 fully saturated rings. The van der Waals surface area contributed by atoms with E-state index in [1.165, 1.54) is 16.2 Å². The lowest BCUT2D eigenvalue weighted by molar-refractivity contribution is -0.118. The van der Waals surface area contributed by atoms with Crippen LogP contribution in [0.4, 0.5) is 5.00 Å². The standard InChI is InChI=1S/C23H28BrNO4S/c1-5-28-23(27)21-15-8-6-7-9-19(15)30-22(21)25-20(26)12-29-18-10-14(4)17(24)11-16(18)13(2)3/h10-11,13H,5-9,12H2,1-4H3,(H,25,26). The molecular weight excluding hydrogens is 466 g/mol. The van der Waals surface area contributed by atoms with E-state index in [0.29, 0.717) is 22.9 Å². The van der Waals surface area contributed by atoms with Gasteiger partial charge < -0.3 is 14.8 Å². The van der Waals surface area contributed by atoms with Gasteiger partial charge in [-0.2, -0.15) is 0 Å². The molecule has 1 aromatic heterocycles. The molecule has 0 unspecified atom stereocenters. The van der Waals surface area contributed by atoms with E-state index in [2.05, 4.69) is 35.1 Å². The predicted molar refractivity (Wildman–Crippen MR) is 124 cm³/mol. The van der Waals surface area contributed by atoms with Crippen molar-refractivity contribution < 1.29 is 19.1 Å². The van der Waals surface area contributed by atoms with Crippen molar-refractivity contribution in [1.82, 2.24) is 0 Å². The molecule has 0 saturated carbocycles. The minimum absolute atomic E-state index is 0.119. The van der Waals surface area contributed by atoms with Crippen LogP contribution in [0.25, 0.3) is 0 Å². The van der Waals surface area contributed by atoms with E-state index in [1.807, 2.05) is 19.1 Å². The van der Waals surface area contributed by atoms with Crippen molar-refractivity contribution in [3.05, 3.63) is 43.7 Å². The number of anilines is 1. The number of nitrogens with one attached hydrogen (secondary N) is 1. The number of benzene rings is 1. The molecule has 1 heterocycles. The number of hydrogen-bond donors (Lipinski definition) is 1. The maximum absolute atomic E-state index is 12.7. The molecule has 162 valence electrons. The summed E-state index contributed by atoms with van der Waals surface area (Å²) in [6.45, 7) is 8.14. The zero-order chi connectivity index (χ0) is 21.8. The number of ether oxygens (including phenoxy) is 2. The summed E-state index contributed by atoms with van der Waals surface area (Å²) in [7, 11) is 0. The summed E-state index contributed by atoms with van der Waals surface area (Å²) in [6.07, 6.45) is 3.94. The smallest absolute Gasteiger partial charge is 0.341 e. The van der Waals surface area contributed by atoms with Crippen molar-refractivity contribution in [2.24, 2.45) is 0 Å². The first-order valence-corrected chi connectivity index (χ1v) is 12.0. The van der Waals surface area contributed by atoms with Crippen molar-refractivity contribution in [2.75, 3.05) is 18.5 Å². The minimum Gasteiger partial charge on any atom is -0.483 e. The molecule has 1 aromatic carbocycles. The maximum atomic E-state index is 12.7. The summed E-state index contributed by atoms with van der Waals surface area (Å²) in [5, 5.41) is 3.47. The first-order valence-electron chi connectivity index (χ1n) is 10.4. The van der Waals surface area contributed by atoms with Crippen molar-refractivity contribution in [2.45, 2.75) is 59.3 Å². The second-order valence-electron chi connectivity index (χ2n) is 7.77. The molecular formula is C23H28BrNO4S. The van der Waals surface area contributed by atoms with Gasteiger partial charge in [0, 0.05) is 9.35 Å². The molecule has 5 nitrogen and oxygen atoms in total. The Morgan fingerprint density at radius 2 is 1.97 bits per heavy atom. The SMILES string of the molecule is CCOC(=O)c1c(NC(=O)COc2cc(C)c(Br)cc2C(C)C)sc2c1CCCC2. The molecule has 1 aliphatic rings. The van der Waals surface area contributed by atoms with Gasteiger partial charge in [0.15, 0.2) is 6.61 Å². The summed E-state index contributed by atoms with van der Waals surface area (Å²) >= 11 is 5.04. The lowest BCUT2D eigenvalue weighted by Crippen LogP contribution is -2.22. The van der Waals surface area contributed by atoms with Crippen molar-refractivity contribution >= 4 is 44.1 Å². The number of thiophene rings is 1. The highest BCUT2D eigenvalue weighted by molar-refractivity contribution is 9.10. The molecule has 0 radical (unpaired) electrons. The highest BCUT2D eigenvalue weighted by Gasteiger charge is 2.27. The van der Waals surface area contributed by atoms with E-state index < -0.39 is 0 Å². The minimum atomic E-state index is -0.362. The third-order valence-electron chi connectivity index (χ3n) is 5.18. The molecule has 1 amide bonds. The molecule has 0 spiro atoms. The van der Waals surface area contributed by atoms with E-state index >= 15 is 0 Å². The van der Waals surface area contributed by atoms with Crippen molar-refractivity contribution in [3.8, 4) is 5.75 Å². The van der Waals surface area contributed by atoms with Gasteiger partial charge in [0.25, 0.3) is 5.91 Å². The quantitative estimate of drug-likeness (QED) is 0.479. The van der Waals surface area contributed by atoms with Crippen LogP contribution >= 0.6 is 27.3 Å². The van der Waals surface area contributed by atoms with Crippen LogP contribution in [-0.4, -0.2) is 25.1 Å². The molecule has 0 atom stereocenters. The monoisotopic (exact) mass is 493 g/mol. The molecule has 30 heavy (non-hydrogen) atoms. The number of fused-ring (bicyclic) bond motifs is 1. The van der Waals surface area contributed by atoms with Gasteiger partial charge in [-0.15, -0.1) is 11.3 Å². The van der Waals surface area contributed by atoms with Gasteiger partial charge in [0.05, 0.1) is 12.2 Å². The first kappa shape index (κ1) is 22.8. The van der Waals surface area contributed by atoms with Crippen molar-refractivity contribution in [3.63, 3.8) is 0 Å². The Morgan fingerprint density at radius 1 is 1.23 bits per heavy atom. The molecule has 7 heteroatoms. The van der Waals surface area contributed by atoms with Gasteiger partial charge in [0.1, 0.15) is 10.8 Å². The van der Waals surface area contributed by atoms with Gasteiger partial charge in [-0.05, 0) is 74.3 Å². The number of amides is 1. The van der Waals surface area contributed by atoms with Crippen LogP contribution in [0.3, 0.4) is 0 Å². The van der Waals surface area contributed by atoms with Crippen molar-refractivity contribution in [1.29, 1.82) is 0 Å². The van der Waals surface area contributed by atoms with E-state index in [-0.39, 0.29) is 24.4 Å². The topological polar surface area (TPSA) is 64.6 Å². The van der Waals surface area contributed by atoms with E-state index in [0.717, 1.165) is 46.8 Å². The fourth-order valence-corrected chi connectivity index (χ4v) is 5.28. The lowest BCUT2D eigenvalue weighted by Gasteiger charge is -2.16. The Morgan fingerprint density at radius 3 is 2.67 bits per heavy atom. The highest BCUT2D eigenvalue weighted by Crippen LogP contribution is 2.38. The fourth-order valence-electron chi connectivity index (χ4n) is 3.63. The second-order valence-corrected chi connectivity index (χ2v) is 9.73. The largest absolute Gasteiger partial charge is 0.483 e. The number of aryl methyl sites for hydroxylation is 2. The second kappa shape index (κ2) is 9.96. The molecule has 0 aliphatic heterocycles.